The normalized spacial score (nSPS) is 32.5. The lowest BCUT2D eigenvalue weighted by Gasteiger charge is -2.44. The number of ether oxygens (including phenoxy) is 2. The van der Waals surface area contributed by atoms with E-state index in [2.05, 4.69) is 11.7 Å². The lowest BCUT2D eigenvalue weighted by molar-refractivity contribution is -0.282. The van der Waals surface area contributed by atoms with Gasteiger partial charge in [-0.15, -0.1) is 0 Å². The molecule has 1 aliphatic heterocycles. The first-order valence-corrected chi connectivity index (χ1v) is 9.57. The van der Waals surface area contributed by atoms with Crippen LogP contribution >= 0.6 is 0 Å². The summed E-state index contributed by atoms with van der Waals surface area (Å²) in [7, 11) is 0. The zero-order valence-corrected chi connectivity index (χ0v) is 16.2. The molecular weight excluding hydrogens is 380 g/mol. The summed E-state index contributed by atoms with van der Waals surface area (Å²) in [6, 6.07) is -1.58. The topological polar surface area (TPSA) is 139 Å². The van der Waals surface area contributed by atoms with Crippen LogP contribution < -0.4 is 5.73 Å². The third-order valence-corrected chi connectivity index (χ3v) is 5.05. The minimum absolute atomic E-state index is 0.157. The molecule has 0 bridgehead atoms. The van der Waals surface area contributed by atoms with Crippen molar-refractivity contribution in [3.05, 3.63) is 0 Å². The molecule has 5 unspecified atom stereocenters. The van der Waals surface area contributed by atoms with Gasteiger partial charge < -0.3 is 30.5 Å². The van der Waals surface area contributed by atoms with Gasteiger partial charge in [0.2, 0.25) is 0 Å². The van der Waals surface area contributed by atoms with Crippen molar-refractivity contribution >= 4 is 11.9 Å². The van der Waals surface area contributed by atoms with Gasteiger partial charge in [0.1, 0.15) is 18.8 Å². The zero-order valence-electron chi connectivity index (χ0n) is 16.2. The standard InChI is InChI=1S/C18H31F2NO7/c1-3-4-5-6-7-8-12(23)27-9-11(22)14(24)15-10(2)13(21)16(19)18(20,28-15)17(25)26/h10-11,13-16,22,24H,3-9,21H2,1-2H3,(H,25,26)/t10?,11-,13?,14-,15?,16?,18?/m1/s1. The minimum atomic E-state index is -3.74. The molecule has 164 valence electrons. The first-order chi connectivity index (χ1) is 13.1. The van der Waals surface area contributed by atoms with E-state index in [1.54, 1.807) is 0 Å². The van der Waals surface area contributed by atoms with Gasteiger partial charge in [0, 0.05) is 18.4 Å². The number of hydrogen-bond donors (Lipinski definition) is 4. The summed E-state index contributed by atoms with van der Waals surface area (Å²) in [6.07, 6.45) is -2.95. The van der Waals surface area contributed by atoms with E-state index >= 15 is 0 Å². The number of rotatable bonds is 11. The number of aliphatic hydroxyl groups excluding tert-OH is 2. The van der Waals surface area contributed by atoms with Crippen LogP contribution in [0.1, 0.15) is 52.4 Å². The minimum Gasteiger partial charge on any atom is -0.477 e. The van der Waals surface area contributed by atoms with Crippen molar-refractivity contribution in [2.45, 2.75) is 88.8 Å². The van der Waals surface area contributed by atoms with E-state index in [-0.39, 0.29) is 6.42 Å². The zero-order chi connectivity index (χ0) is 21.5. The maximum Gasteiger partial charge on any atom is 0.372 e. The van der Waals surface area contributed by atoms with Gasteiger partial charge in [-0.2, -0.15) is 4.39 Å². The van der Waals surface area contributed by atoms with Crippen molar-refractivity contribution in [3.8, 4) is 0 Å². The Labute approximate surface area is 163 Å². The van der Waals surface area contributed by atoms with Gasteiger partial charge in [-0.05, 0) is 6.42 Å². The van der Waals surface area contributed by atoms with Gasteiger partial charge in [0.05, 0.1) is 6.10 Å². The summed E-state index contributed by atoms with van der Waals surface area (Å²) in [5.41, 5.74) is 5.54. The Morgan fingerprint density at radius 1 is 1.25 bits per heavy atom. The molecule has 1 heterocycles. The summed E-state index contributed by atoms with van der Waals surface area (Å²) in [5, 5.41) is 29.2. The molecular formula is C18H31F2NO7. The SMILES string of the molecule is CCCCCCCC(=O)OC[C@@H](O)[C@@H](O)C1OC(F)(C(=O)O)C(F)C(N)C1C. The molecule has 8 nitrogen and oxygen atoms in total. The van der Waals surface area contributed by atoms with Crippen molar-refractivity contribution in [3.63, 3.8) is 0 Å². The number of unbranched alkanes of at least 4 members (excludes halogenated alkanes) is 4. The van der Waals surface area contributed by atoms with Crippen molar-refractivity contribution < 1.29 is 43.2 Å². The summed E-state index contributed by atoms with van der Waals surface area (Å²) >= 11 is 0. The van der Waals surface area contributed by atoms with Crippen molar-refractivity contribution in [1.29, 1.82) is 0 Å². The van der Waals surface area contributed by atoms with Crippen LogP contribution in [0.4, 0.5) is 8.78 Å². The second-order valence-electron chi connectivity index (χ2n) is 7.28. The van der Waals surface area contributed by atoms with Crippen LogP contribution in [0.2, 0.25) is 0 Å². The highest BCUT2D eigenvalue weighted by atomic mass is 19.2. The number of halogens is 2. The molecule has 7 atom stereocenters. The third-order valence-electron chi connectivity index (χ3n) is 5.05. The Morgan fingerprint density at radius 3 is 2.43 bits per heavy atom. The van der Waals surface area contributed by atoms with E-state index in [1.807, 2.05) is 0 Å². The largest absolute Gasteiger partial charge is 0.477 e. The number of carbonyl (C=O) groups is 2. The maximum atomic E-state index is 14.4. The molecule has 5 N–H and O–H groups in total. The first-order valence-electron chi connectivity index (χ1n) is 9.57. The fourth-order valence-corrected chi connectivity index (χ4v) is 3.09. The van der Waals surface area contributed by atoms with E-state index in [1.165, 1.54) is 6.92 Å². The Kier molecular flexibility index (Phi) is 9.68. The molecule has 0 aliphatic carbocycles. The van der Waals surface area contributed by atoms with E-state index in [0.29, 0.717) is 6.42 Å². The molecule has 0 spiro atoms. The second kappa shape index (κ2) is 11.0. The number of esters is 1. The number of carboxylic acids is 1. The quantitative estimate of drug-likeness (QED) is 0.292. The second-order valence-corrected chi connectivity index (χ2v) is 7.28. The van der Waals surface area contributed by atoms with Crippen LogP contribution in [0.5, 0.6) is 0 Å². The Bertz CT molecular complexity index is 524. The molecule has 0 amide bonds. The van der Waals surface area contributed by atoms with Crippen LogP contribution in [0, 0.1) is 5.92 Å². The van der Waals surface area contributed by atoms with E-state index in [9.17, 15) is 28.6 Å². The van der Waals surface area contributed by atoms with Crippen molar-refractivity contribution in [1.82, 2.24) is 0 Å². The van der Waals surface area contributed by atoms with Gasteiger partial charge in [-0.25, -0.2) is 9.18 Å². The molecule has 0 aromatic carbocycles. The fraction of sp³-hybridized carbons (Fsp3) is 0.889. The van der Waals surface area contributed by atoms with Crippen LogP contribution in [0.15, 0.2) is 0 Å². The van der Waals surface area contributed by atoms with Crippen LogP contribution in [0.25, 0.3) is 0 Å². The van der Waals surface area contributed by atoms with Crippen LogP contribution in [-0.4, -0.2) is 70.2 Å². The molecule has 10 heteroatoms. The van der Waals surface area contributed by atoms with Gasteiger partial charge >= 0.3 is 17.8 Å². The van der Waals surface area contributed by atoms with E-state index in [4.69, 9.17) is 15.6 Å². The number of aliphatic hydroxyl groups is 2. The highest BCUT2D eigenvalue weighted by molar-refractivity contribution is 5.76. The Balaban J connectivity index is 2.58. The number of aliphatic carboxylic acids is 1. The van der Waals surface area contributed by atoms with Crippen LogP contribution in [-0.2, 0) is 19.1 Å². The first kappa shape index (κ1) is 24.7. The highest BCUT2D eigenvalue weighted by Gasteiger charge is 2.60. The molecule has 1 aliphatic rings. The summed E-state index contributed by atoms with van der Waals surface area (Å²) in [5.74, 6) is -7.53. The number of carboxylic acid groups (broad SMARTS) is 1. The lowest BCUT2D eigenvalue weighted by atomic mass is 9.83. The smallest absolute Gasteiger partial charge is 0.372 e. The Hall–Kier alpha value is -1.36. The maximum absolute atomic E-state index is 14.4. The van der Waals surface area contributed by atoms with E-state index in [0.717, 1.165) is 25.7 Å². The molecule has 0 aromatic heterocycles. The highest BCUT2D eigenvalue weighted by Crippen LogP contribution is 2.37. The van der Waals surface area contributed by atoms with Gasteiger partial charge in [-0.3, -0.25) is 4.79 Å². The molecule has 0 radical (unpaired) electrons. The average molecular weight is 411 g/mol. The van der Waals surface area contributed by atoms with Gasteiger partial charge in [0.25, 0.3) is 0 Å². The van der Waals surface area contributed by atoms with Crippen molar-refractivity contribution in [2.75, 3.05) is 6.61 Å². The Morgan fingerprint density at radius 2 is 1.86 bits per heavy atom. The fourth-order valence-electron chi connectivity index (χ4n) is 3.09. The monoisotopic (exact) mass is 411 g/mol. The van der Waals surface area contributed by atoms with E-state index < -0.39 is 60.8 Å². The summed E-state index contributed by atoms with van der Waals surface area (Å²) < 4.78 is 37.9. The number of carbonyl (C=O) groups excluding carboxylic acids is 1. The van der Waals surface area contributed by atoms with Crippen LogP contribution in [0.3, 0.4) is 0 Å². The van der Waals surface area contributed by atoms with Gasteiger partial charge in [0.15, 0.2) is 6.17 Å². The number of alkyl halides is 2. The summed E-state index contributed by atoms with van der Waals surface area (Å²) in [4.78, 5) is 22.7. The molecule has 1 saturated heterocycles. The molecule has 1 rings (SSSR count). The molecule has 0 aromatic rings. The predicted octanol–water partition coefficient (Wildman–Crippen LogP) is 1.06. The molecule has 0 saturated carbocycles. The lowest BCUT2D eigenvalue weighted by Crippen LogP contribution is -2.67. The third kappa shape index (κ3) is 6.07. The summed E-state index contributed by atoms with van der Waals surface area (Å²) in [6.45, 7) is 2.81. The van der Waals surface area contributed by atoms with Gasteiger partial charge in [-0.1, -0.05) is 39.5 Å². The number of nitrogens with two attached hydrogens (primary N) is 1. The average Bonchev–Trinajstić information content (AvgIpc) is 2.66. The predicted molar refractivity (Wildman–Crippen MR) is 94.7 cm³/mol. The number of hydrogen-bond acceptors (Lipinski definition) is 7. The van der Waals surface area contributed by atoms with Crippen molar-refractivity contribution in [2.24, 2.45) is 11.7 Å². The molecule has 1 fully saturated rings. The molecule has 28 heavy (non-hydrogen) atoms.